The lowest BCUT2D eigenvalue weighted by atomic mass is 10.2. The fourth-order valence-corrected chi connectivity index (χ4v) is 1.10. The summed E-state index contributed by atoms with van der Waals surface area (Å²) in [7, 11) is 1.63. The summed E-state index contributed by atoms with van der Waals surface area (Å²) in [6, 6.07) is 0. The minimum atomic E-state index is -0.193. The molecule has 0 aliphatic carbocycles. The van der Waals surface area contributed by atoms with Gasteiger partial charge in [-0.2, -0.15) is 0 Å². The molecule has 0 bridgehead atoms. The van der Waals surface area contributed by atoms with Crippen LogP contribution in [0.3, 0.4) is 0 Å². The molecule has 0 heterocycles. The van der Waals surface area contributed by atoms with Crippen LogP contribution in [-0.4, -0.2) is 38.9 Å². The van der Waals surface area contributed by atoms with Gasteiger partial charge in [-0.1, -0.05) is 13.3 Å². The quantitative estimate of drug-likeness (QED) is 0.471. The van der Waals surface area contributed by atoms with E-state index < -0.39 is 0 Å². The number of hydrogen-bond acceptors (Lipinski definition) is 4. The molecule has 1 unspecified atom stereocenters. The monoisotopic (exact) mass is 203 g/mol. The van der Waals surface area contributed by atoms with Gasteiger partial charge in [0.05, 0.1) is 19.3 Å². The maximum absolute atomic E-state index is 11.2. The molecule has 84 valence electrons. The van der Waals surface area contributed by atoms with E-state index in [1.54, 1.807) is 7.11 Å². The van der Waals surface area contributed by atoms with E-state index in [0.717, 1.165) is 12.8 Å². The van der Waals surface area contributed by atoms with Crippen molar-refractivity contribution in [3.63, 3.8) is 0 Å². The first-order chi connectivity index (χ1) is 6.70. The first-order valence-electron chi connectivity index (χ1n) is 5.09. The first-order valence-corrected chi connectivity index (χ1v) is 5.09. The van der Waals surface area contributed by atoms with Crippen molar-refractivity contribution in [3.05, 3.63) is 0 Å². The molecule has 0 aromatic carbocycles. The molecular formula is C10H21NO3. The third kappa shape index (κ3) is 8.01. The van der Waals surface area contributed by atoms with E-state index in [0.29, 0.717) is 13.2 Å². The Kier molecular flexibility index (Phi) is 8.57. The second kappa shape index (κ2) is 8.97. The fourth-order valence-electron chi connectivity index (χ4n) is 1.10. The molecule has 0 fully saturated rings. The van der Waals surface area contributed by atoms with E-state index in [1.165, 1.54) is 0 Å². The van der Waals surface area contributed by atoms with E-state index in [1.807, 2.05) is 6.92 Å². The van der Waals surface area contributed by atoms with Crippen LogP contribution in [-0.2, 0) is 14.3 Å². The first kappa shape index (κ1) is 13.4. The Morgan fingerprint density at radius 2 is 2.21 bits per heavy atom. The van der Waals surface area contributed by atoms with E-state index in [9.17, 15) is 4.79 Å². The summed E-state index contributed by atoms with van der Waals surface area (Å²) in [6.45, 7) is 5.53. The number of ether oxygens (including phenoxy) is 2. The molecule has 0 aromatic heterocycles. The predicted octanol–water partition coefficient (Wildman–Crippen LogP) is 0.954. The van der Waals surface area contributed by atoms with E-state index in [-0.39, 0.29) is 18.6 Å². The van der Waals surface area contributed by atoms with Crippen molar-refractivity contribution in [3.8, 4) is 0 Å². The number of hydrogen-bond donors (Lipinski definition) is 1. The smallest absolute Gasteiger partial charge is 0.320 e. The van der Waals surface area contributed by atoms with Crippen LogP contribution in [0, 0.1) is 0 Å². The van der Waals surface area contributed by atoms with Crippen LogP contribution in [0.4, 0.5) is 0 Å². The summed E-state index contributed by atoms with van der Waals surface area (Å²) in [5.41, 5.74) is 0. The van der Waals surface area contributed by atoms with Crippen molar-refractivity contribution in [2.75, 3.05) is 26.8 Å². The minimum Gasteiger partial charge on any atom is -0.462 e. The number of carbonyl (C=O) groups excluding carboxylic acids is 1. The van der Waals surface area contributed by atoms with E-state index in [4.69, 9.17) is 9.47 Å². The molecule has 0 aliphatic heterocycles. The molecule has 0 rings (SSSR count). The summed E-state index contributed by atoms with van der Waals surface area (Å²) in [5.74, 6) is -0.193. The molecule has 14 heavy (non-hydrogen) atoms. The highest BCUT2D eigenvalue weighted by molar-refractivity contribution is 5.71. The number of nitrogens with one attached hydrogen (secondary N) is 1. The van der Waals surface area contributed by atoms with Crippen molar-refractivity contribution in [1.82, 2.24) is 5.32 Å². The Morgan fingerprint density at radius 3 is 2.79 bits per heavy atom. The molecule has 0 aromatic rings. The maximum atomic E-state index is 11.2. The van der Waals surface area contributed by atoms with Crippen molar-refractivity contribution in [2.24, 2.45) is 0 Å². The van der Waals surface area contributed by atoms with Gasteiger partial charge >= 0.3 is 5.97 Å². The second-order valence-corrected chi connectivity index (χ2v) is 3.26. The Balaban J connectivity index is 3.35. The van der Waals surface area contributed by atoms with Crippen molar-refractivity contribution in [1.29, 1.82) is 0 Å². The van der Waals surface area contributed by atoms with E-state index >= 15 is 0 Å². The Bertz CT molecular complexity index is 150. The highest BCUT2D eigenvalue weighted by Crippen LogP contribution is 2.00. The van der Waals surface area contributed by atoms with Gasteiger partial charge in [-0.05, 0) is 13.3 Å². The lowest BCUT2D eigenvalue weighted by molar-refractivity contribution is -0.147. The molecule has 0 spiro atoms. The number of esters is 1. The lowest BCUT2D eigenvalue weighted by Gasteiger charge is -2.12. The molecular weight excluding hydrogens is 182 g/mol. The fraction of sp³-hybridized carbons (Fsp3) is 0.900. The van der Waals surface area contributed by atoms with Gasteiger partial charge in [0.1, 0.15) is 0 Å². The molecule has 0 amide bonds. The molecule has 0 saturated heterocycles. The Hall–Kier alpha value is -0.610. The third-order valence-electron chi connectivity index (χ3n) is 1.78. The standard InChI is InChI=1S/C10H21NO3/c1-4-5-9(2)14-10(12)8-11-6-7-13-3/h9,11H,4-8H2,1-3H3. The average molecular weight is 203 g/mol. The Labute approximate surface area is 86.0 Å². The average Bonchev–Trinajstić information content (AvgIpc) is 2.13. The van der Waals surface area contributed by atoms with Crippen LogP contribution < -0.4 is 5.32 Å². The molecule has 4 heteroatoms. The largest absolute Gasteiger partial charge is 0.462 e. The van der Waals surface area contributed by atoms with Crippen LogP contribution in [0.25, 0.3) is 0 Å². The zero-order chi connectivity index (χ0) is 10.8. The zero-order valence-corrected chi connectivity index (χ0v) is 9.34. The van der Waals surface area contributed by atoms with Crippen molar-refractivity contribution in [2.45, 2.75) is 32.8 Å². The van der Waals surface area contributed by atoms with Crippen LogP contribution in [0.1, 0.15) is 26.7 Å². The number of carbonyl (C=O) groups is 1. The maximum Gasteiger partial charge on any atom is 0.320 e. The van der Waals surface area contributed by atoms with Gasteiger partial charge in [-0.15, -0.1) is 0 Å². The van der Waals surface area contributed by atoms with Crippen LogP contribution in [0.15, 0.2) is 0 Å². The topological polar surface area (TPSA) is 47.6 Å². The SMILES string of the molecule is CCCC(C)OC(=O)CNCCOC. The second-order valence-electron chi connectivity index (χ2n) is 3.26. The van der Waals surface area contributed by atoms with Crippen LogP contribution in [0.5, 0.6) is 0 Å². The summed E-state index contributed by atoms with van der Waals surface area (Å²) in [4.78, 5) is 11.2. The van der Waals surface area contributed by atoms with Gasteiger partial charge in [0.25, 0.3) is 0 Å². The summed E-state index contributed by atoms with van der Waals surface area (Å²) in [5, 5.41) is 2.93. The normalized spacial score (nSPS) is 12.5. The van der Waals surface area contributed by atoms with Gasteiger partial charge in [0.15, 0.2) is 0 Å². The molecule has 1 N–H and O–H groups in total. The molecule has 4 nitrogen and oxygen atoms in total. The third-order valence-corrected chi connectivity index (χ3v) is 1.78. The van der Waals surface area contributed by atoms with Crippen LogP contribution in [0.2, 0.25) is 0 Å². The van der Waals surface area contributed by atoms with Gasteiger partial charge in [-0.3, -0.25) is 4.79 Å². The molecule has 0 aliphatic rings. The molecule has 0 radical (unpaired) electrons. The predicted molar refractivity (Wildman–Crippen MR) is 55.2 cm³/mol. The molecule has 1 atom stereocenters. The summed E-state index contributed by atoms with van der Waals surface area (Å²) in [6.07, 6.45) is 1.98. The van der Waals surface area contributed by atoms with Crippen molar-refractivity contribution >= 4 is 5.97 Å². The highest BCUT2D eigenvalue weighted by atomic mass is 16.5. The lowest BCUT2D eigenvalue weighted by Crippen LogP contribution is -2.29. The van der Waals surface area contributed by atoms with Gasteiger partial charge < -0.3 is 14.8 Å². The minimum absolute atomic E-state index is 0.0247. The summed E-state index contributed by atoms with van der Waals surface area (Å²) < 4.78 is 9.96. The highest BCUT2D eigenvalue weighted by Gasteiger charge is 2.07. The van der Waals surface area contributed by atoms with E-state index in [2.05, 4.69) is 12.2 Å². The Morgan fingerprint density at radius 1 is 1.50 bits per heavy atom. The summed E-state index contributed by atoms with van der Waals surface area (Å²) >= 11 is 0. The number of methoxy groups -OCH3 is 1. The number of rotatable bonds is 8. The van der Waals surface area contributed by atoms with Gasteiger partial charge in [0, 0.05) is 13.7 Å². The van der Waals surface area contributed by atoms with Crippen molar-refractivity contribution < 1.29 is 14.3 Å². The zero-order valence-electron chi connectivity index (χ0n) is 9.34. The van der Waals surface area contributed by atoms with Gasteiger partial charge in [0.2, 0.25) is 0 Å². The van der Waals surface area contributed by atoms with Gasteiger partial charge in [-0.25, -0.2) is 0 Å². The molecule has 0 saturated carbocycles. The van der Waals surface area contributed by atoms with Crippen LogP contribution >= 0.6 is 0 Å².